The fourth-order valence-electron chi connectivity index (χ4n) is 1.57. The molecule has 0 fully saturated rings. The van der Waals surface area contributed by atoms with Crippen LogP contribution in [-0.2, 0) is 10.0 Å². The van der Waals surface area contributed by atoms with E-state index in [9.17, 15) is 8.42 Å². The molecule has 0 aliphatic heterocycles. The van der Waals surface area contributed by atoms with Gasteiger partial charge in [-0.15, -0.1) is 0 Å². The van der Waals surface area contributed by atoms with Gasteiger partial charge in [0.2, 0.25) is 0 Å². The van der Waals surface area contributed by atoms with Crippen LogP contribution in [0.4, 0.5) is 11.5 Å². The number of pyridine rings is 1. The molecule has 0 atom stereocenters. The summed E-state index contributed by atoms with van der Waals surface area (Å²) in [6, 6.07) is 9.40. The van der Waals surface area contributed by atoms with Crippen molar-refractivity contribution in [2.75, 3.05) is 10.5 Å². The molecule has 0 unspecified atom stereocenters. The van der Waals surface area contributed by atoms with Crippen LogP contribution < -0.4 is 10.5 Å². The molecule has 0 bridgehead atoms. The molecule has 2 rings (SSSR count). The minimum Gasteiger partial charge on any atom is -0.398 e. The lowest BCUT2D eigenvalue weighted by Crippen LogP contribution is -2.15. The quantitative estimate of drug-likeness (QED) is 0.673. The highest BCUT2D eigenvalue weighted by molar-refractivity contribution is 7.92. The fourth-order valence-corrected chi connectivity index (χ4v) is 2.85. The van der Waals surface area contributed by atoms with Crippen LogP contribution in [0.5, 0.6) is 0 Å². The van der Waals surface area contributed by atoms with E-state index >= 15 is 0 Å². The van der Waals surface area contributed by atoms with Gasteiger partial charge in [-0.05, 0) is 36.8 Å². The van der Waals surface area contributed by atoms with Gasteiger partial charge < -0.3 is 5.73 Å². The molecule has 0 amide bonds. The first-order valence-corrected chi connectivity index (χ1v) is 7.26. The Morgan fingerprint density at radius 3 is 2.63 bits per heavy atom. The van der Waals surface area contributed by atoms with Gasteiger partial charge in [-0.3, -0.25) is 4.72 Å². The first kappa shape index (κ1) is 13.6. The molecule has 0 saturated heterocycles. The highest BCUT2D eigenvalue weighted by atomic mass is 35.5. The lowest BCUT2D eigenvalue weighted by Gasteiger charge is -2.10. The Balaban J connectivity index is 2.38. The van der Waals surface area contributed by atoms with Gasteiger partial charge in [0, 0.05) is 0 Å². The summed E-state index contributed by atoms with van der Waals surface area (Å²) in [4.78, 5) is 3.88. The van der Waals surface area contributed by atoms with Crippen molar-refractivity contribution in [3.8, 4) is 0 Å². The zero-order valence-corrected chi connectivity index (χ0v) is 11.7. The molecule has 7 heteroatoms. The zero-order chi connectivity index (χ0) is 14.0. The van der Waals surface area contributed by atoms with E-state index in [1.165, 1.54) is 12.1 Å². The smallest absolute Gasteiger partial charge is 0.265 e. The molecule has 1 aromatic carbocycles. The molecule has 0 aliphatic rings. The second kappa shape index (κ2) is 5.07. The minimum absolute atomic E-state index is 0.0138. The Bertz CT molecular complexity index is 717. The molecule has 0 radical (unpaired) electrons. The van der Waals surface area contributed by atoms with Gasteiger partial charge in [0.05, 0.1) is 5.69 Å². The number of nitrogens with one attached hydrogen (secondary N) is 1. The number of nitrogens with two attached hydrogens (primary N) is 1. The van der Waals surface area contributed by atoms with Crippen molar-refractivity contribution < 1.29 is 8.42 Å². The highest BCUT2D eigenvalue weighted by Gasteiger charge is 2.18. The maximum Gasteiger partial charge on any atom is 0.265 e. The summed E-state index contributed by atoms with van der Waals surface area (Å²) < 4.78 is 26.7. The number of sulfonamides is 1. The van der Waals surface area contributed by atoms with Crippen LogP contribution in [0.1, 0.15) is 5.56 Å². The van der Waals surface area contributed by atoms with Gasteiger partial charge >= 0.3 is 0 Å². The fraction of sp³-hybridized carbons (Fsp3) is 0.0833. The minimum atomic E-state index is -3.77. The van der Waals surface area contributed by atoms with Crippen LogP contribution in [0, 0.1) is 6.92 Å². The van der Waals surface area contributed by atoms with Gasteiger partial charge in [0.25, 0.3) is 10.0 Å². The van der Waals surface area contributed by atoms with E-state index in [1.807, 2.05) is 6.92 Å². The predicted molar refractivity (Wildman–Crippen MR) is 75.6 cm³/mol. The summed E-state index contributed by atoms with van der Waals surface area (Å²) >= 11 is 5.70. The number of nitrogen functional groups attached to an aromatic ring is 1. The number of benzene rings is 1. The Hall–Kier alpha value is -1.79. The topological polar surface area (TPSA) is 85.1 Å². The van der Waals surface area contributed by atoms with E-state index < -0.39 is 10.0 Å². The summed E-state index contributed by atoms with van der Waals surface area (Å²) in [6.45, 7) is 1.83. The number of aromatic nitrogens is 1. The van der Waals surface area contributed by atoms with Crippen LogP contribution in [0.3, 0.4) is 0 Å². The average molecular weight is 298 g/mol. The summed E-state index contributed by atoms with van der Waals surface area (Å²) in [6.07, 6.45) is 0. The number of aryl methyl sites for hydroxylation is 1. The molecular formula is C12H12ClN3O2S. The van der Waals surface area contributed by atoms with E-state index in [0.29, 0.717) is 0 Å². The number of anilines is 2. The Kier molecular flexibility index (Phi) is 3.64. The summed E-state index contributed by atoms with van der Waals surface area (Å²) in [5.41, 5.74) is 6.80. The third-order valence-electron chi connectivity index (χ3n) is 2.41. The van der Waals surface area contributed by atoms with Gasteiger partial charge in [-0.2, -0.15) is 0 Å². The van der Waals surface area contributed by atoms with E-state index in [-0.39, 0.29) is 21.6 Å². The van der Waals surface area contributed by atoms with Gasteiger partial charge in [0.1, 0.15) is 15.9 Å². The number of hydrogen-bond donors (Lipinski definition) is 2. The average Bonchev–Trinajstić information content (AvgIpc) is 2.27. The molecule has 2 aromatic rings. The van der Waals surface area contributed by atoms with Crippen molar-refractivity contribution in [1.29, 1.82) is 0 Å². The van der Waals surface area contributed by atoms with Crippen LogP contribution in [0.2, 0.25) is 5.15 Å². The van der Waals surface area contributed by atoms with Crippen LogP contribution in [-0.4, -0.2) is 13.4 Å². The largest absolute Gasteiger partial charge is 0.398 e. The highest BCUT2D eigenvalue weighted by Crippen LogP contribution is 2.22. The van der Waals surface area contributed by atoms with E-state index in [1.54, 1.807) is 24.3 Å². The van der Waals surface area contributed by atoms with Crippen LogP contribution in [0.15, 0.2) is 41.3 Å². The van der Waals surface area contributed by atoms with Crippen molar-refractivity contribution in [3.05, 3.63) is 47.1 Å². The Morgan fingerprint density at radius 1 is 1.26 bits per heavy atom. The van der Waals surface area contributed by atoms with Crippen molar-refractivity contribution >= 4 is 33.1 Å². The lowest BCUT2D eigenvalue weighted by molar-refractivity contribution is 0.601. The molecule has 1 heterocycles. The second-order valence-electron chi connectivity index (χ2n) is 3.99. The lowest BCUT2D eigenvalue weighted by atomic mass is 10.2. The Labute approximate surface area is 116 Å². The number of hydrogen-bond acceptors (Lipinski definition) is 4. The van der Waals surface area contributed by atoms with Crippen molar-refractivity contribution in [3.63, 3.8) is 0 Å². The molecule has 1 aromatic heterocycles. The number of rotatable bonds is 3. The van der Waals surface area contributed by atoms with Gasteiger partial charge in [0.15, 0.2) is 0 Å². The third-order valence-corrected chi connectivity index (χ3v) is 4.05. The molecular weight excluding hydrogens is 286 g/mol. The third kappa shape index (κ3) is 3.15. The second-order valence-corrected chi connectivity index (χ2v) is 6.03. The predicted octanol–water partition coefficient (Wildman–Crippen LogP) is 2.43. The summed E-state index contributed by atoms with van der Waals surface area (Å²) in [7, 11) is -3.77. The maximum absolute atomic E-state index is 12.2. The standard InChI is InChI=1S/C12H12ClN3O2S/c1-8-5-6-10(9(14)7-8)19(17,18)16-12-4-2-3-11(13)15-12/h2-7H,14H2,1H3,(H,15,16). The SMILES string of the molecule is Cc1ccc(S(=O)(=O)Nc2cccc(Cl)n2)c(N)c1. The first-order valence-electron chi connectivity index (χ1n) is 5.40. The van der Waals surface area contributed by atoms with E-state index in [0.717, 1.165) is 5.56 Å². The summed E-state index contributed by atoms with van der Waals surface area (Å²) in [5, 5.41) is 0.206. The monoisotopic (exact) mass is 297 g/mol. The molecule has 19 heavy (non-hydrogen) atoms. The van der Waals surface area contributed by atoms with Crippen molar-refractivity contribution in [2.45, 2.75) is 11.8 Å². The molecule has 0 saturated carbocycles. The normalized spacial score (nSPS) is 11.3. The first-order chi connectivity index (χ1) is 8.88. The molecule has 0 aliphatic carbocycles. The van der Waals surface area contributed by atoms with E-state index in [2.05, 4.69) is 9.71 Å². The Morgan fingerprint density at radius 2 is 2.00 bits per heavy atom. The van der Waals surface area contributed by atoms with Crippen molar-refractivity contribution in [2.24, 2.45) is 0 Å². The molecule has 100 valence electrons. The van der Waals surface area contributed by atoms with Gasteiger partial charge in [-0.1, -0.05) is 23.7 Å². The zero-order valence-electron chi connectivity index (χ0n) is 10.1. The number of halogens is 1. The summed E-state index contributed by atoms with van der Waals surface area (Å²) in [5.74, 6) is 0.146. The molecule has 3 N–H and O–H groups in total. The van der Waals surface area contributed by atoms with Crippen LogP contribution >= 0.6 is 11.6 Å². The van der Waals surface area contributed by atoms with E-state index in [4.69, 9.17) is 17.3 Å². The van der Waals surface area contributed by atoms with Gasteiger partial charge in [-0.25, -0.2) is 13.4 Å². The van der Waals surface area contributed by atoms with Crippen LogP contribution in [0.25, 0.3) is 0 Å². The number of nitrogens with zero attached hydrogens (tertiary/aromatic N) is 1. The molecule has 0 spiro atoms. The maximum atomic E-state index is 12.2. The molecule has 5 nitrogen and oxygen atoms in total. The van der Waals surface area contributed by atoms with Crippen molar-refractivity contribution in [1.82, 2.24) is 4.98 Å².